The molecular formula is C18H42N3OP. The highest BCUT2D eigenvalue weighted by Crippen LogP contribution is 2.55. The van der Waals surface area contributed by atoms with Crippen molar-refractivity contribution in [3.63, 3.8) is 0 Å². The Morgan fingerprint density at radius 1 is 0.609 bits per heavy atom. The average Bonchev–Trinajstić information content (AvgIpc) is 2.54. The largest absolute Gasteiger partial charge is 0.286 e. The van der Waals surface area contributed by atoms with E-state index >= 15 is 0 Å². The van der Waals surface area contributed by atoms with Gasteiger partial charge in [0.25, 0.3) is 7.59 Å². The first kappa shape index (κ1) is 23.1. The molecule has 23 heavy (non-hydrogen) atoms. The zero-order chi connectivity index (χ0) is 17.7. The van der Waals surface area contributed by atoms with Crippen LogP contribution in [0.4, 0.5) is 0 Å². The summed E-state index contributed by atoms with van der Waals surface area (Å²) in [4.78, 5) is 0. The van der Waals surface area contributed by atoms with E-state index in [1.165, 1.54) is 0 Å². The van der Waals surface area contributed by atoms with Crippen molar-refractivity contribution in [2.75, 3.05) is 40.3 Å². The maximum absolute atomic E-state index is 14.1. The second-order valence-electron chi connectivity index (χ2n) is 6.68. The van der Waals surface area contributed by atoms with E-state index in [4.69, 9.17) is 0 Å². The Bertz CT molecular complexity index is 283. The highest BCUT2D eigenvalue weighted by atomic mass is 31.2. The van der Waals surface area contributed by atoms with Gasteiger partial charge in [-0.2, -0.15) is 0 Å². The molecule has 5 heteroatoms. The van der Waals surface area contributed by atoms with Gasteiger partial charge >= 0.3 is 0 Å². The molecule has 140 valence electrons. The number of rotatable bonds is 15. The van der Waals surface area contributed by atoms with Crippen molar-refractivity contribution in [2.24, 2.45) is 0 Å². The lowest BCUT2D eigenvalue weighted by Crippen LogP contribution is -2.40. The summed E-state index contributed by atoms with van der Waals surface area (Å²) in [6.45, 7) is 12.6. The smallest absolute Gasteiger partial charge is 0.270 e. The summed E-state index contributed by atoms with van der Waals surface area (Å²) in [6.07, 6.45) is 9.10. The maximum atomic E-state index is 14.1. The second kappa shape index (κ2) is 13.4. The van der Waals surface area contributed by atoms with Crippen LogP contribution in [-0.2, 0) is 4.57 Å². The standard InChI is InChI=1S/C18H42N3OP/c1-7-11-15-20(16-12-8-2)23(22,19(5)6)21(17-13-9-3)18-14-10-4/h7-18H2,1-6H3. The summed E-state index contributed by atoms with van der Waals surface area (Å²) in [5, 5.41) is 0. The van der Waals surface area contributed by atoms with Crippen molar-refractivity contribution in [2.45, 2.75) is 79.1 Å². The maximum Gasteiger partial charge on any atom is 0.286 e. The molecule has 0 spiro atoms. The van der Waals surface area contributed by atoms with Crippen LogP contribution in [0.25, 0.3) is 0 Å². The van der Waals surface area contributed by atoms with Crippen LogP contribution >= 0.6 is 7.59 Å². The topological polar surface area (TPSA) is 26.8 Å². The van der Waals surface area contributed by atoms with Gasteiger partial charge in [-0.15, -0.1) is 0 Å². The van der Waals surface area contributed by atoms with Gasteiger partial charge in [0, 0.05) is 26.2 Å². The van der Waals surface area contributed by atoms with Crippen LogP contribution in [0, 0.1) is 0 Å². The number of nitrogens with zero attached hydrogens (tertiary/aromatic N) is 3. The molecule has 0 saturated heterocycles. The van der Waals surface area contributed by atoms with Gasteiger partial charge in [-0.1, -0.05) is 53.4 Å². The Labute approximate surface area is 146 Å². The molecule has 0 aromatic heterocycles. The molecule has 4 nitrogen and oxygen atoms in total. The lowest BCUT2D eigenvalue weighted by molar-refractivity contribution is 0.281. The van der Waals surface area contributed by atoms with Gasteiger partial charge in [0.2, 0.25) is 0 Å². The molecular weight excluding hydrogens is 305 g/mol. The summed E-state index contributed by atoms with van der Waals surface area (Å²) in [7, 11) is 1.36. The highest BCUT2D eigenvalue weighted by molar-refractivity contribution is 7.56. The molecule has 0 amide bonds. The molecule has 0 radical (unpaired) electrons. The molecule has 0 aliphatic rings. The molecule has 0 aromatic rings. The van der Waals surface area contributed by atoms with Crippen LogP contribution in [-0.4, -0.2) is 54.3 Å². The van der Waals surface area contributed by atoms with E-state index in [-0.39, 0.29) is 0 Å². The molecule has 0 saturated carbocycles. The van der Waals surface area contributed by atoms with Crippen molar-refractivity contribution in [1.82, 2.24) is 14.0 Å². The minimum atomic E-state index is -2.63. The summed E-state index contributed by atoms with van der Waals surface area (Å²) >= 11 is 0. The first-order chi connectivity index (χ1) is 11.0. The Morgan fingerprint density at radius 2 is 0.870 bits per heavy atom. The van der Waals surface area contributed by atoms with Crippen molar-refractivity contribution < 1.29 is 4.57 Å². The number of unbranched alkanes of at least 4 members (excludes halogenated alkanes) is 4. The van der Waals surface area contributed by atoms with Gasteiger partial charge in [0.15, 0.2) is 0 Å². The molecule has 0 bridgehead atoms. The predicted octanol–water partition coefficient (Wildman–Crippen LogP) is 5.46. The Hall–Kier alpha value is 0.110. The molecule has 0 unspecified atom stereocenters. The fraction of sp³-hybridized carbons (Fsp3) is 1.00. The van der Waals surface area contributed by atoms with Crippen LogP contribution in [0.5, 0.6) is 0 Å². The number of hydrogen-bond acceptors (Lipinski definition) is 1. The van der Waals surface area contributed by atoms with E-state index in [1.54, 1.807) is 0 Å². The van der Waals surface area contributed by atoms with E-state index in [1.807, 2.05) is 18.8 Å². The molecule has 0 aromatic carbocycles. The Balaban J connectivity index is 5.39. The average molecular weight is 348 g/mol. The SMILES string of the molecule is CCCCN(CCCC)P(=O)(N(C)C)N(CCCC)CCCC. The Morgan fingerprint density at radius 3 is 1.04 bits per heavy atom. The van der Waals surface area contributed by atoms with Crippen molar-refractivity contribution >= 4 is 7.59 Å². The van der Waals surface area contributed by atoms with Crippen molar-refractivity contribution in [1.29, 1.82) is 0 Å². The zero-order valence-corrected chi connectivity index (χ0v) is 17.6. The molecule has 0 heterocycles. The van der Waals surface area contributed by atoms with Gasteiger partial charge in [0.1, 0.15) is 0 Å². The third kappa shape index (κ3) is 7.69. The monoisotopic (exact) mass is 347 g/mol. The van der Waals surface area contributed by atoms with Crippen molar-refractivity contribution in [3.8, 4) is 0 Å². The highest BCUT2D eigenvalue weighted by Gasteiger charge is 2.38. The third-order valence-corrected chi connectivity index (χ3v) is 7.65. The van der Waals surface area contributed by atoms with Crippen LogP contribution in [0.15, 0.2) is 0 Å². The molecule has 0 atom stereocenters. The van der Waals surface area contributed by atoms with Crippen LogP contribution in [0.1, 0.15) is 79.1 Å². The van der Waals surface area contributed by atoms with E-state index in [9.17, 15) is 4.57 Å². The first-order valence-electron chi connectivity index (χ1n) is 9.77. The molecule has 0 aliphatic carbocycles. The van der Waals surface area contributed by atoms with Crippen molar-refractivity contribution in [3.05, 3.63) is 0 Å². The quantitative estimate of drug-likeness (QED) is 0.368. The second-order valence-corrected chi connectivity index (χ2v) is 9.64. The first-order valence-corrected chi connectivity index (χ1v) is 11.3. The lowest BCUT2D eigenvalue weighted by Gasteiger charge is -2.42. The molecule has 0 N–H and O–H groups in total. The number of hydrogen-bond donors (Lipinski definition) is 0. The fourth-order valence-electron chi connectivity index (χ4n) is 2.79. The third-order valence-electron chi connectivity index (χ3n) is 4.34. The normalized spacial score (nSPS) is 12.7. The van der Waals surface area contributed by atoms with E-state index in [2.05, 4.69) is 37.0 Å². The van der Waals surface area contributed by atoms with Crippen LogP contribution in [0.2, 0.25) is 0 Å². The lowest BCUT2D eigenvalue weighted by atomic mass is 10.3. The van der Waals surface area contributed by atoms with Gasteiger partial charge in [-0.25, -0.2) is 14.0 Å². The Kier molecular flexibility index (Phi) is 13.5. The van der Waals surface area contributed by atoms with Gasteiger partial charge in [0.05, 0.1) is 0 Å². The van der Waals surface area contributed by atoms with Gasteiger partial charge in [-0.05, 0) is 39.8 Å². The minimum absolute atomic E-state index is 0.945. The van der Waals surface area contributed by atoms with Gasteiger partial charge in [-0.3, -0.25) is 4.57 Å². The summed E-state index contributed by atoms with van der Waals surface area (Å²) < 4.78 is 20.7. The molecule has 0 aliphatic heterocycles. The fourth-order valence-corrected chi connectivity index (χ4v) is 5.77. The zero-order valence-electron chi connectivity index (χ0n) is 16.7. The van der Waals surface area contributed by atoms with E-state index in [0.29, 0.717) is 0 Å². The molecule has 0 fully saturated rings. The minimum Gasteiger partial charge on any atom is -0.270 e. The predicted molar refractivity (Wildman–Crippen MR) is 104 cm³/mol. The van der Waals surface area contributed by atoms with Gasteiger partial charge < -0.3 is 0 Å². The summed E-state index contributed by atoms with van der Waals surface area (Å²) in [6, 6.07) is 0. The molecule has 0 rings (SSSR count). The van der Waals surface area contributed by atoms with E-state index < -0.39 is 7.59 Å². The summed E-state index contributed by atoms with van der Waals surface area (Å²) in [5.41, 5.74) is 0. The van der Waals surface area contributed by atoms with Crippen LogP contribution in [0.3, 0.4) is 0 Å². The summed E-state index contributed by atoms with van der Waals surface area (Å²) in [5.74, 6) is 0. The van der Waals surface area contributed by atoms with E-state index in [0.717, 1.165) is 77.5 Å². The van der Waals surface area contributed by atoms with Crippen LogP contribution < -0.4 is 0 Å².